The van der Waals surface area contributed by atoms with E-state index in [2.05, 4.69) is 34.2 Å². The van der Waals surface area contributed by atoms with Gasteiger partial charge in [-0.15, -0.1) is 10.2 Å². The van der Waals surface area contributed by atoms with Crippen LogP contribution in [0.2, 0.25) is 0 Å². The van der Waals surface area contributed by atoms with Gasteiger partial charge in [0.15, 0.2) is 16.8 Å². The normalized spacial score (nSPS) is 11.1. The van der Waals surface area contributed by atoms with Crippen LogP contribution in [0.3, 0.4) is 0 Å². The largest absolute Gasteiger partial charge is 0.497 e. The molecule has 8 nitrogen and oxygen atoms in total. The standard InChI is InChI=1S/C23H25N5O3S/c1-16(2)13-20-24-22(31-27-20)15-32-23-26-25-21(28(23)17-7-5-4-6-8-17)14-30-19-11-9-18(29-3)10-12-19/h4-12,16H,13-15H2,1-3H3. The summed E-state index contributed by atoms with van der Waals surface area (Å²) in [4.78, 5) is 4.47. The molecule has 32 heavy (non-hydrogen) atoms. The molecule has 2 aromatic heterocycles. The number of benzene rings is 2. The van der Waals surface area contributed by atoms with Crippen molar-refractivity contribution in [2.75, 3.05) is 7.11 Å². The summed E-state index contributed by atoms with van der Waals surface area (Å²) in [6.45, 7) is 4.53. The fourth-order valence-corrected chi connectivity index (χ4v) is 3.87. The van der Waals surface area contributed by atoms with E-state index in [-0.39, 0.29) is 6.61 Å². The molecule has 2 aromatic carbocycles. The van der Waals surface area contributed by atoms with E-state index in [1.54, 1.807) is 7.11 Å². The molecule has 166 valence electrons. The highest BCUT2D eigenvalue weighted by atomic mass is 32.2. The lowest BCUT2D eigenvalue weighted by Crippen LogP contribution is -2.06. The van der Waals surface area contributed by atoms with E-state index in [0.29, 0.717) is 23.4 Å². The van der Waals surface area contributed by atoms with Crippen LogP contribution in [-0.4, -0.2) is 32.0 Å². The van der Waals surface area contributed by atoms with Crippen molar-refractivity contribution >= 4 is 11.8 Å². The van der Waals surface area contributed by atoms with Gasteiger partial charge < -0.3 is 14.0 Å². The molecule has 0 N–H and O–H groups in total. The minimum atomic E-state index is 0.272. The van der Waals surface area contributed by atoms with Crippen molar-refractivity contribution in [2.45, 2.75) is 37.8 Å². The molecule has 0 saturated heterocycles. The summed E-state index contributed by atoms with van der Waals surface area (Å²) in [6.07, 6.45) is 0.793. The predicted octanol–water partition coefficient (Wildman–Crippen LogP) is 4.73. The van der Waals surface area contributed by atoms with E-state index in [9.17, 15) is 0 Å². The van der Waals surface area contributed by atoms with Crippen molar-refractivity contribution < 1.29 is 14.0 Å². The first kappa shape index (κ1) is 21.9. The molecule has 0 atom stereocenters. The number of para-hydroxylation sites is 1. The summed E-state index contributed by atoms with van der Waals surface area (Å²) in [5.41, 5.74) is 0.958. The molecule has 0 spiro atoms. The summed E-state index contributed by atoms with van der Waals surface area (Å²) < 4.78 is 18.5. The third-order valence-electron chi connectivity index (χ3n) is 4.57. The van der Waals surface area contributed by atoms with Gasteiger partial charge in [-0.25, -0.2) is 0 Å². The fourth-order valence-electron chi connectivity index (χ4n) is 3.07. The molecule has 0 amide bonds. The van der Waals surface area contributed by atoms with Crippen LogP contribution in [0, 0.1) is 5.92 Å². The van der Waals surface area contributed by atoms with E-state index in [1.807, 2.05) is 59.2 Å². The van der Waals surface area contributed by atoms with Crippen molar-refractivity contribution in [2.24, 2.45) is 5.92 Å². The molecule has 0 radical (unpaired) electrons. The first-order valence-electron chi connectivity index (χ1n) is 10.3. The molecule has 4 aromatic rings. The Bertz CT molecular complexity index is 1130. The Kier molecular flexibility index (Phi) is 7.06. The van der Waals surface area contributed by atoms with Crippen LogP contribution in [0.4, 0.5) is 0 Å². The second kappa shape index (κ2) is 10.3. The minimum absolute atomic E-state index is 0.272. The number of thioether (sulfide) groups is 1. The second-order valence-corrected chi connectivity index (χ2v) is 8.47. The van der Waals surface area contributed by atoms with Gasteiger partial charge in [-0.3, -0.25) is 4.57 Å². The van der Waals surface area contributed by atoms with E-state index in [1.165, 1.54) is 11.8 Å². The second-order valence-electron chi connectivity index (χ2n) is 7.52. The summed E-state index contributed by atoms with van der Waals surface area (Å²) >= 11 is 1.50. The van der Waals surface area contributed by atoms with Crippen molar-refractivity contribution in [3.8, 4) is 17.2 Å². The monoisotopic (exact) mass is 451 g/mol. The summed E-state index contributed by atoms with van der Waals surface area (Å²) in [7, 11) is 1.64. The van der Waals surface area contributed by atoms with Crippen LogP contribution >= 0.6 is 11.8 Å². The van der Waals surface area contributed by atoms with Gasteiger partial charge in [0.05, 0.1) is 12.9 Å². The lowest BCUT2D eigenvalue weighted by molar-refractivity contribution is 0.292. The van der Waals surface area contributed by atoms with Crippen LogP contribution in [0.15, 0.2) is 64.3 Å². The molecular weight excluding hydrogens is 426 g/mol. The van der Waals surface area contributed by atoms with E-state index < -0.39 is 0 Å². The Morgan fingerprint density at radius 3 is 2.47 bits per heavy atom. The topological polar surface area (TPSA) is 88.1 Å². The average Bonchev–Trinajstić information content (AvgIpc) is 3.43. The van der Waals surface area contributed by atoms with Crippen LogP contribution < -0.4 is 9.47 Å². The highest BCUT2D eigenvalue weighted by Crippen LogP contribution is 2.26. The minimum Gasteiger partial charge on any atom is -0.497 e. The Morgan fingerprint density at radius 2 is 1.75 bits per heavy atom. The maximum atomic E-state index is 5.94. The van der Waals surface area contributed by atoms with Gasteiger partial charge in [-0.1, -0.05) is 49.0 Å². The molecular formula is C23H25N5O3S. The van der Waals surface area contributed by atoms with Gasteiger partial charge in [0.1, 0.15) is 18.1 Å². The number of nitrogens with zero attached hydrogens (tertiary/aromatic N) is 5. The molecule has 0 aliphatic rings. The lowest BCUT2D eigenvalue weighted by atomic mass is 10.1. The first-order chi connectivity index (χ1) is 15.6. The molecule has 4 rings (SSSR count). The van der Waals surface area contributed by atoms with E-state index in [4.69, 9.17) is 14.0 Å². The highest BCUT2D eigenvalue weighted by molar-refractivity contribution is 7.98. The number of ether oxygens (including phenoxy) is 2. The zero-order chi connectivity index (χ0) is 22.3. The van der Waals surface area contributed by atoms with Gasteiger partial charge >= 0.3 is 0 Å². The maximum Gasteiger partial charge on any atom is 0.237 e. The first-order valence-corrected chi connectivity index (χ1v) is 11.3. The smallest absolute Gasteiger partial charge is 0.237 e. The third-order valence-corrected chi connectivity index (χ3v) is 5.48. The maximum absolute atomic E-state index is 5.94. The average molecular weight is 452 g/mol. The van der Waals surface area contributed by atoms with Gasteiger partial charge in [0.2, 0.25) is 5.89 Å². The molecule has 9 heteroatoms. The van der Waals surface area contributed by atoms with E-state index in [0.717, 1.165) is 34.6 Å². The Labute approximate surface area is 191 Å². The molecule has 2 heterocycles. The number of aromatic nitrogens is 5. The Balaban J connectivity index is 1.50. The van der Waals surface area contributed by atoms with E-state index >= 15 is 0 Å². The third kappa shape index (κ3) is 5.47. The van der Waals surface area contributed by atoms with Crippen molar-refractivity contribution in [3.05, 3.63) is 72.1 Å². The molecule has 0 aliphatic carbocycles. The molecule has 0 saturated carbocycles. The quantitative estimate of drug-likeness (QED) is 0.320. The Morgan fingerprint density at radius 1 is 1.00 bits per heavy atom. The lowest BCUT2D eigenvalue weighted by Gasteiger charge is -2.11. The van der Waals surface area contributed by atoms with Gasteiger partial charge in [0, 0.05) is 12.1 Å². The fraction of sp³-hybridized carbons (Fsp3) is 0.304. The van der Waals surface area contributed by atoms with Crippen molar-refractivity contribution in [3.63, 3.8) is 0 Å². The molecule has 0 fully saturated rings. The van der Waals surface area contributed by atoms with Gasteiger partial charge in [-0.2, -0.15) is 4.98 Å². The summed E-state index contributed by atoms with van der Waals surface area (Å²) in [5, 5.41) is 13.6. The SMILES string of the molecule is COc1ccc(OCc2nnc(SCc3nc(CC(C)C)no3)n2-c2ccccc2)cc1. The van der Waals surface area contributed by atoms with Gasteiger partial charge in [0.25, 0.3) is 0 Å². The molecule has 0 bridgehead atoms. The zero-order valence-corrected chi connectivity index (χ0v) is 19.1. The van der Waals surface area contributed by atoms with Crippen LogP contribution in [0.5, 0.6) is 11.5 Å². The summed E-state index contributed by atoms with van der Waals surface area (Å²) in [6, 6.07) is 17.4. The van der Waals surface area contributed by atoms with Crippen molar-refractivity contribution in [1.29, 1.82) is 0 Å². The van der Waals surface area contributed by atoms with Crippen LogP contribution in [-0.2, 0) is 18.8 Å². The highest BCUT2D eigenvalue weighted by Gasteiger charge is 2.17. The summed E-state index contributed by atoms with van der Waals surface area (Å²) in [5.74, 6) is 4.49. The van der Waals surface area contributed by atoms with Gasteiger partial charge in [-0.05, 0) is 42.3 Å². The number of hydrogen-bond donors (Lipinski definition) is 0. The predicted molar refractivity (Wildman–Crippen MR) is 121 cm³/mol. The molecule has 0 unspecified atom stereocenters. The van der Waals surface area contributed by atoms with Crippen LogP contribution in [0.25, 0.3) is 5.69 Å². The van der Waals surface area contributed by atoms with Crippen molar-refractivity contribution in [1.82, 2.24) is 24.9 Å². The number of rotatable bonds is 10. The van der Waals surface area contributed by atoms with Crippen LogP contribution in [0.1, 0.15) is 31.4 Å². The zero-order valence-electron chi connectivity index (χ0n) is 18.3. The number of methoxy groups -OCH3 is 1. The molecule has 0 aliphatic heterocycles. The number of hydrogen-bond acceptors (Lipinski definition) is 8. The Hall–Kier alpha value is -3.33.